The number of aldehydes is 1. The maximum atomic E-state index is 13.7. The zero-order valence-electron chi connectivity index (χ0n) is 24.2. The standard InChI is InChI=1S/C33H43NO6/c1-19(2)27-11-23-12-31(16-35)26-7-5-20(3)25(26)13-32(23,33(27,31)30(36)37)17-38-24-9-21(4)34(15-24)14-22-6-8-28-29(10-22)40-18-39-28/h6,8,10-11,16,19-21,23-26H,5,7,9,12-15,17-18H2,1-4H3,(H,36,37)/t20-,21+,23+,24-,25-,26-,31+,32+,33+/m1/s1. The molecule has 1 aromatic rings. The van der Waals surface area contributed by atoms with Crippen molar-refractivity contribution in [1.29, 1.82) is 0 Å². The van der Waals surface area contributed by atoms with Crippen LogP contribution in [-0.4, -0.2) is 54.4 Å². The molecule has 4 bridgehead atoms. The summed E-state index contributed by atoms with van der Waals surface area (Å²) in [7, 11) is 0. The number of carbonyl (C=O) groups is 2. The molecule has 7 nitrogen and oxygen atoms in total. The molecule has 4 fully saturated rings. The van der Waals surface area contributed by atoms with Crippen LogP contribution in [-0.2, 0) is 20.9 Å². The van der Waals surface area contributed by atoms with Crippen LogP contribution in [0.25, 0.3) is 0 Å². The molecule has 0 radical (unpaired) electrons. The van der Waals surface area contributed by atoms with E-state index in [1.807, 2.05) is 6.07 Å². The highest BCUT2D eigenvalue weighted by molar-refractivity contribution is 5.90. The molecule has 0 spiro atoms. The molecule has 216 valence electrons. The van der Waals surface area contributed by atoms with E-state index in [1.165, 1.54) is 5.56 Å². The van der Waals surface area contributed by atoms with Crippen molar-refractivity contribution >= 4 is 12.3 Å². The maximum Gasteiger partial charge on any atom is 0.315 e. The fraction of sp³-hybridized carbons (Fsp3) is 0.697. The van der Waals surface area contributed by atoms with Gasteiger partial charge in [-0.15, -0.1) is 0 Å². The van der Waals surface area contributed by atoms with E-state index in [4.69, 9.17) is 14.2 Å². The van der Waals surface area contributed by atoms with Crippen molar-refractivity contribution < 1.29 is 28.9 Å². The number of hydrogen-bond acceptors (Lipinski definition) is 6. The van der Waals surface area contributed by atoms with E-state index in [0.29, 0.717) is 30.9 Å². The zero-order valence-corrected chi connectivity index (χ0v) is 24.2. The summed E-state index contributed by atoms with van der Waals surface area (Å²) >= 11 is 0. The monoisotopic (exact) mass is 549 g/mol. The minimum absolute atomic E-state index is 0.0380. The van der Waals surface area contributed by atoms with Crippen molar-refractivity contribution in [3.63, 3.8) is 0 Å². The van der Waals surface area contributed by atoms with Gasteiger partial charge in [-0.05, 0) is 79.9 Å². The molecule has 6 aliphatic rings. The van der Waals surface area contributed by atoms with Gasteiger partial charge in [0.2, 0.25) is 6.79 Å². The SMILES string of the molecule is CC(C)C1=C[C@H]2C[C@]3(C=O)[C@@H]4CC[C@@H](C)[C@H]4C[C@@]2(CO[C@@H]2C[C@H](C)N(Cc4ccc5c(c4)OCO5)C2)[C@]13C(=O)O. The summed E-state index contributed by atoms with van der Waals surface area (Å²) in [6, 6.07) is 6.49. The van der Waals surface area contributed by atoms with Gasteiger partial charge >= 0.3 is 5.97 Å². The van der Waals surface area contributed by atoms with E-state index in [-0.39, 0.29) is 30.7 Å². The van der Waals surface area contributed by atoms with Gasteiger partial charge in [-0.2, -0.15) is 0 Å². The predicted octanol–water partition coefficient (Wildman–Crippen LogP) is 5.32. The fourth-order valence-electron chi connectivity index (χ4n) is 10.6. The number of carboxylic acid groups (broad SMARTS) is 1. The Hall–Kier alpha value is -2.38. The first kappa shape index (κ1) is 26.5. The van der Waals surface area contributed by atoms with Crippen LogP contribution in [0.15, 0.2) is 29.8 Å². The largest absolute Gasteiger partial charge is 0.481 e. The van der Waals surface area contributed by atoms with Crippen molar-refractivity contribution in [2.75, 3.05) is 19.9 Å². The van der Waals surface area contributed by atoms with Gasteiger partial charge in [-0.1, -0.05) is 44.9 Å². The summed E-state index contributed by atoms with van der Waals surface area (Å²) < 4.78 is 17.9. The van der Waals surface area contributed by atoms with Gasteiger partial charge < -0.3 is 24.1 Å². The Kier molecular flexibility index (Phi) is 6.00. The molecular weight excluding hydrogens is 506 g/mol. The first-order chi connectivity index (χ1) is 19.2. The number of ether oxygens (including phenoxy) is 3. The Morgan fingerprint density at radius 3 is 2.75 bits per heavy atom. The summed E-state index contributed by atoms with van der Waals surface area (Å²) in [5, 5.41) is 11.2. The summed E-state index contributed by atoms with van der Waals surface area (Å²) in [4.78, 5) is 29.3. The lowest BCUT2D eigenvalue weighted by molar-refractivity contribution is -0.188. The number of nitrogens with zero attached hydrogens (tertiary/aromatic N) is 1. The third-order valence-electron chi connectivity index (χ3n) is 12.2. The normalized spacial score (nSPS) is 42.9. The molecule has 1 aromatic carbocycles. The Bertz CT molecular complexity index is 1260. The van der Waals surface area contributed by atoms with Gasteiger partial charge in [0.15, 0.2) is 11.5 Å². The molecule has 1 N–H and O–H groups in total. The molecule has 0 aromatic heterocycles. The van der Waals surface area contributed by atoms with Crippen LogP contribution in [0.1, 0.15) is 65.4 Å². The van der Waals surface area contributed by atoms with Gasteiger partial charge in [0.1, 0.15) is 11.7 Å². The lowest BCUT2D eigenvalue weighted by Gasteiger charge is -2.58. The molecule has 9 atom stereocenters. The minimum Gasteiger partial charge on any atom is -0.481 e. The van der Waals surface area contributed by atoms with E-state index >= 15 is 0 Å². The van der Waals surface area contributed by atoms with E-state index < -0.39 is 22.2 Å². The van der Waals surface area contributed by atoms with Crippen LogP contribution in [0.4, 0.5) is 0 Å². The molecule has 0 unspecified atom stereocenters. The maximum absolute atomic E-state index is 13.7. The first-order valence-electron chi connectivity index (χ1n) is 15.3. The molecule has 1 saturated heterocycles. The summed E-state index contributed by atoms with van der Waals surface area (Å²) in [5.74, 6) is 2.01. The third-order valence-corrected chi connectivity index (χ3v) is 12.2. The number of carboxylic acids is 1. The van der Waals surface area contributed by atoms with Gasteiger partial charge in [0, 0.05) is 24.5 Å². The van der Waals surface area contributed by atoms with Crippen LogP contribution >= 0.6 is 0 Å². The highest BCUT2D eigenvalue weighted by atomic mass is 16.7. The van der Waals surface area contributed by atoms with Crippen molar-refractivity contribution in [3.05, 3.63) is 35.4 Å². The fourth-order valence-corrected chi connectivity index (χ4v) is 10.6. The van der Waals surface area contributed by atoms with Crippen LogP contribution in [0, 0.1) is 45.8 Å². The predicted molar refractivity (Wildman–Crippen MR) is 149 cm³/mol. The topological polar surface area (TPSA) is 85.3 Å². The second-order valence-electron chi connectivity index (χ2n) is 14.1. The van der Waals surface area contributed by atoms with Crippen LogP contribution in [0.2, 0.25) is 0 Å². The molecule has 7 heteroatoms. The number of allylic oxidation sites excluding steroid dienone is 1. The summed E-state index contributed by atoms with van der Waals surface area (Å²) in [6.45, 7) is 11.0. The van der Waals surface area contributed by atoms with Gasteiger partial charge in [0.05, 0.1) is 18.1 Å². The van der Waals surface area contributed by atoms with Crippen LogP contribution in [0.5, 0.6) is 11.5 Å². The molecule has 40 heavy (non-hydrogen) atoms. The van der Waals surface area contributed by atoms with E-state index in [1.54, 1.807) is 0 Å². The van der Waals surface area contributed by atoms with Crippen molar-refractivity contribution in [3.8, 4) is 11.5 Å². The highest BCUT2D eigenvalue weighted by Gasteiger charge is 2.84. The van der Waals surface area contributed by atoms with E-state index in [2.05, 4.69) is 50.8 Å². The van der Waals surface area contributed by atoms with Gasteiger partial charge in [-0.3, -0.25) is 9.69 Å². The molecule has 0 amide bonds. The third kappa shape index (κ3) is 3.25. The lowest BCUT2D eigenvalue weighted by Crippen LogP contribution is -2.63. The van der Waals surface area contributed by atoms with Crippen molar-refractivity contribution in [2.24, 2.45) is 45.8 Å². The van der Waals surface area contributed by atoms with Gasteiger partial charge in [-0.25, -0.2) is 0 Å². The van der Waals surface area contributed by atoms with Crippen molar-refractivity contribution in [1.82, 2.24) is 4.90 Å². The zero-order chi connectivity index (χ0) is 28.0. The average molecular weight is 550 g/mol. The molecule has 4 aliphatic carbocycles. The number of likely N-dealkylation sites (tertiary alicyclic amines) is 1. The Labute approximate surface area is 237 Å². The minimum atomic E-state index is -1.16. The number of aliphatic carboxylic acids is 1. The van der Waals surface area contributed by atoms with E-state index in [0.717, 1.165) is 62.1 Å². The highest BCUT2D eigenvalue weighted by Crippen LogP contribution is 2.82. The Morgan fingerprint density at radius 2 is 2.00 bits per heavy atom. The van der Waals surface area contributed by atoms with Crippen molar-refractivity contribution in [2.45, 2.75) is 78.5 Å². The summed E-state index contributed by atoms with van der Waals surface area (Å²) in [5.41, 5.74) is -0.392. The first-order valence-corrected chi connectivity index (χ1v) is 15.3. The second-order valence-corrected chi connectivity index (χ2v) is 14.1. The number of fused-ring (bicyclic) bond motifs is 3. The average Bonchev–Trinajstić information content (AvgIpc) is 3.71. The number of rotatable bonds is 8. The smallest absolute Gasteiger partial charge is 0.315 e. The van der Waals surface area contributed by atoms with Gasteiger partial charge in [0.25, 0.3) is 0 Å². The Morgan fingerprint density at radius 1 is 1.20 bits per heavy atom. The summed E-state index contributed by atoms with van der Waals surface area (Å²) in [6.07, 6.45) is 7.87. The molecule has 2 aliphatic heterocycles. The number of benzene rings is 1. The van der Waals surface area contributed by atoms with Crippen LogP contribution < -0.4 is 9.47 Å². The van der Waals surface area contributed by atoms with Crippen LogP contribution in [0.3, 0.4) is 0 Å². The Balaban J connectivity index is 1.16. The molecule has 7 rings (SSSR count). The lowest BCUT2D eigenvalue weighted by atomic mass is 9.43. The molecular formula is C33H43NO6. The van der Waals surface area contributed by atoms with E-state index in [9.17, 15) is 14.7 Å². The molecule has 2 heterocycles. The number of carbonyl (C=O) groups excluding carboxylic acids is 1. The quantitative estimate of drug-likeness (QED) is 0.347. The second kappa shape index (κ2) is 9.06. The number of hydrogen-bond donors (Lipinski definition) is 1. The molecule has 3 saturated carbocycles.